The molecule has 0 aromatic rings. The van der Waals surface area contributed by atoms with Crippen LogP contribution in [0.4, 0.5) is 0 Å². The van der Waals surface area contributed by atoms with Gasteiger partial charge in [-0.05, 0) is 57.8 Å². The topological polar surface area (TPSA) is 307 Å². The first-order valence-electron chi connectivity index (χ1n) is 26.4. The fourth-order valence-corrected chi connectivity index (χ4v) is 8.65. The van der Waals surface area contributed by atoms with Crippen LogP contribution in [-0.4, -0.2) is 193 Å². The monoisotopic (exact) mass is 1020 g/mol. The highest BCUT2D eigenvalue weighted by Crippen LogP contribution is 2.33. The number of hydrogen-bond acceptors (Lipinski definition) is 18. The third kappa shape index (κ3) is 22.2. The van der Waals surface area contributed by atoms with Crippen molar-refractivity contribution < 1.29 is 89.4 Å². The van der Waals surface area contributed by atoms with Crippen molar-refractivity contribution >= 4 is 5.91 Å². The van der Waals surface area contributed by atoms with Crippen LogP contribution in [0.2, 0.25) is 0 Å². The van der Waals surface area contributed by atoms with Crippen molar-refractivity contribution in [1.82, 2.24) is 5.32 Å². The molecule has 19 nitrogen and oxygen atoms in total. The molecule has 3 saturated heterocycles. The third-order valence-electron chi connectivity index (χ3n) is 13.1. The molecule has 12 N–H and O–H groups in total. The van der Waals surface area contributed by atoms with Crippen molar-refractivity contribution in [1.29, 1.82) is 0 Å². The molecule has 0 radical (unpaired) electrons. The normalized spacial score (nSPS) is 32.7. The van der Waals surface area contributed by atoms with E-state index < -0.39 is 124 Å². The molecule has 0 aliphatic carbocycles. The van der Waals surface area contributed by atoms with Gasteiger partial charge in [0.25, 0.3) is 0 Å². The zero-order valence-electron chi connectivity index (χ0n) is 42.2. The summed E-state index contributed by atoms with van der Waals surface area (Å²) in [4.78, 5) is 13.2. The fourth-order valence-electron chi connectivity index (χ4n) is 8.65. The molecule has 71 heavy (non-hydrogen) atoms. The summed E-state index contributed by atoms with van der Waals surface area (Å²) in [6, 6.07) is -0.989. The molecule has 3 rings (SSSR count). The maximum Gasteiger partial charge on any atom is 0.220 e. The van der Waals surface area contributed by atoms with Crippen LogP contribution in [0.5, 0.6) is 0 Å². The first-order chi connectivity index (χ1) is 34.3. The van der Waals surface area contributed by atoms with Gasteiger partial charge < -0.3 is 89.9 Å². The van der Waals surface area contributed by atoms with E-state index in [1.165, 1.54) is 51.4 Å². The minimum Gasteiger partial charge on any atom is -0.394 e. The Morgan fingerprint density at radius 1 is 0.507 bits per heavy atom. The van der Waals surface area contributed by atoms with Crippen LogP contribution >= 0.6 is 0 Å². The number of ether oxygens (including phenoxy) is 6. The van der Waals surface area contributed by atoms with Crippen molar-refractivity contribution in [3.05, 3.63) is 48.6 Å². The van der Waals surface area contributed by atoms with Crippen LogP contribution in [-0.2, 0) is 33.2 Å². The number of nitrogens with one attached hydrogen (secondary N) is 1. The minimum absolute atomic E-state index is 0.228. The molecule has 3 heterocycles. The van der Waals surface area contributed by atoms with Crippen molar-refractivity contribution in [3.8, 4) is 0 Å². The molecule has 0 bridgehead atoms. The van der Waals surface area contributed by atoms with Gasteiger partial charge in [-0.3, -0.25) is 4.79 Å². The number of amides is 1. The Hall–Kier alpha value is -2.25. The summed E-state index contributed by atoms with van der Waals surface area (Å²) in [5, 5.41) is 119. The van der Waals surface area contributed by atoms with Gasteiger partial charge in [0.15, 0.2) is 18.9 Å². The van der Waals surface area contributed by atoms with Crippen molar-refractivity contribution in [2.45, 2.75) is 247 Å². The smallest absolute Gasteiger partial charge is 0.220 e. The molecule has 17 unspecified atom stereocenters. The Morgan fingerprint density at radius 3 is 1.54 bits per heavy atom. The van der Waals surface area contributed by atoms with Crippen LogP contribution in [0.25, 0.3) is 0 Å². The standard InChI is InChI=1S/C52H91NO18/c1-3-5-7-9-11-12-13-14-15-16-17-18-19-20-21-22-24-26-28-30-40(58)53-35(36(57)29-27-25-23-10-8-6-4-2)34-66-50-46(64)43(61)48(38(32-55)68-50)71-52-47(65)44(62)49(39(33-56)69-52)70-51-45(63)42(60)41(59)37(31-54)67-51/h8,10-12,14-15,27,29,35-39,41-52,54-57,59-65H,3-7,9,13,16-26,28,30-34H2,1-2H3,(H,53,58)/b10-8+,12-11-,15-14-,29-27+. The average molecular weight is 1020 g/mol. The molecule has 0 aromatic carbocycles. The Labute approximate surface area is 421 Å². The molecule has 0 spiro atoms. The highest BCUT2D eigenvalue weighted by molar-refractivity contribution is 5.76. The van der Waals surface area contributed by atoms with E-state index >= 15 is 0 Å². The summed E-state index contributed by atoms with van der Waals surface area (Å²) in [5.74, 6) is -0.298. The van der Waals surface area contributed by atoms with E-state index in [0.29, 0.717) is 12.8 Å². The maximum absolute atomic E-state index is 13.2. The average Bonchev–Trinajstić information content (AvgIpc) is 3.36. The lowest BCUT2D eigenvalue weighted by atomic mass is 9.96. The van der Waals surface area contributed by atoms with E-state index in [0.717, 1.165) is 57.8 Å². The highest BCUT2D eigenvalue weighted by atomic mass is 16.8. The molecule has 0 saturated carbocycles. The quantitative estimate of drug-likeness (QED) is 0.0317. The Balaban J connectivity index is 1.49. The Morgan fingerprint density at radius 2 is 0.972 bits per heavy atom. The SMILES string of the molecule is CCC/C=C/CC/C=C/C(O)C(COC1OC(CO)C(OC2OC(CO)C(OC3OC(CO)C(O)C(O)C3O)C(O)C2O)C(O)C1O)NC(=O)CCCCCCCCCCC/C=C\C/C=C\CCCCC. The number of carbonyl (C=O) groups is 1. The lowest BCUT2D eigenvalue weighted by molar-refractivity contribution is -0.379. The predicted molar refractivity (Wildman–Crippen MR) is 263 cm³/mol. The van der Waals surface area contributed by atoms with Gasteiger partial charge in [-0.2, -0.15) is 0 Å². The van der Waals surface area contributed by atoms with E-state index in [1.54, 1.807) is 12.2 Å². The van der Waals surface area contributed by atoms with E-state index in [2.05, 4.69) is 55.6 Å². The molecule has 3 fully saturated rings. The molecule has 0 aromatic heterocycles. The molecule has 19 heteroatoms. The highest BCUT2D eigenvalue weighted by Gasteiger charge is 2.53. The number of allylic oxidation sites excluding steroid dienone is 7. The van der Waals surface area contributed by atoms with E-state index in [9.17, 15) is 61.0 Å². The summed E-state index contributed by atoms with van der Waals surface area (Å²) in [6.45, 7) is 1.51. The number of unbranched alkanes of at least 4 members (excludes halogenated alkanes) is 14. The van der Waals surface area contributed by atoms with E-state index in [-0.39, 0.29) is 18.9 Å². The second-order valence-electron chi connectivity index (χ2n) is 19.0. The van der Waals surface area contributed by atoms with Crippen molar-refractivity contribution in [2.24, 2.45) is 0 Å². The third-order valence-corrected chi connectivity index (χ3v) is 13.1. The lowest BCUT2D eigenvalue weighted by Crippen LogP contribution is -2.66. The summed E-state index contributed by atoms with van der Waals surface area (Å²) < 4.78 is 34.0. The zero-order chi connectivity index (χ0) is 52.0. The van der Waals surface area contributed by atoms with Gasteiger partial charge in [-0.1, -0.05) is 127 Å². The first-order valence-corrected chi connectivity index (χ1v) is 26.4. The van der Waals surface area contributed by atoms with Crippen molar-refractivity contribution in [2.75, 3.05) is 26.4 Å². The van der Waals surface area contributed by atoms with Gasteiger partial charge in [0.1, 0.15) is 73.2 Å². The van der Waals surface area contributed by atoms with Gasteiger partial charge in [0.2, 0.25) is 5.91 Å². The van der Waals surface area contributed by atoms with Crippen LogP contribution in [0.3, 0.4) is 0 Å². The summed E-state index contributed by atoms with van der Waals surface area (Å²) in [6.07, 6.45) is 10.1. The van der Waals surface area contributed by atoms with Gasteiger partial charge in [0, 0.05) is 6.42 Å². The number of hydrogen-bond donors (Lipinski definition) is 12. The molecular formula is C52H91NO18. The molecule has 3 aliphatic rings. The van der Waals surface area contributed by atoms with E-state index in [1.807, 2.05) is 0 Å². The van der Waals surface area contributed by atoms with Crippen LogP contribution < -0.4 is 5.32 Å². The summed E-state index contributed by atoms with van der Waals surface area (Å²) in [5.41, 5.74) is 0. The maximum atomic E-state index is 13.2. The van der Waals surface area contributed by atoms with Gasteiger partial charge >= 0.3 is 0 Å². The first kappa shape index (κ1) is 63.0. The number of aliphatic hydroxyl groups is 11. The second-order valence-corrected chi connectivity index (χ2v) is 19.0. The van der Waals surface area contributed by atoms with Crippen LogP contribution in [0.15, 0.2) is 48.6 Å². The van der Waals surface area contributed by atoms with E-state index in [4.69, 9.17) is 28.4 Å². The van der Waals surface area contributed by atoms with Crippen LogP contribution in [0, 0.1) is 0 Å². The lowest BCUT2D eigenvalue weighted by Gasteiger charge is -2.48. The summed E-state index contributed by atoms with van der Waals surface area (Å²) in [7, 11) is 0. The van der Waals surface area contributed by atoms with Gasteiger partial charge in [-0.25, -0.2) is 0 Å². The number of rotatable bonds is 36. The second kappa shape index (κ2) is 36.7. The molecule has 3 aliphatic heterocycles. The molecular weight excluding hydrogens is 927 g/mol. The van der Waals surface area contributed by atoms with Crippen LogP contribution in [0.1, 0.15) is 142 Å². The summed E-state index contributed by atoms with van der Waals surface area (Å²) >= 11 is 0. The number of carbonyl (C=O) groups excluding carboxylic acids is 1. The zero-order valence-corrected chi connectivity index (χ0v) is 42.2. The van der Waals surface area contributed by atoms with Crippen molar-refractivity contribution in [3.63, 3.8) is 0 Å². The Bertz CT molecular complexity index is 1500. The predicted octanol–water partition coefficient (Wildman–Crippen LogP) is 2.36. The van der Waals surface area contributed by atoms with Gasteiger partial charge in [0.05, 0.1) is 38.6 Å². The minimum atomic E-state index is -1.98. The Kier molecular flexibility index (Phi) is 32.5. The number of aliphatic hydroxyl groups excluding tert-OH is 11. The largest absolute Gasteiger partial charge is 0.394 e. The van der Waals surface area contributed by atoms with Gasteiger partial charge in [-0.15, -0.1) is 0 Å². The molecule has 1 amide bonds. The fraction of sp³-hybridized carbons (Fsp3) is 0.827. The molecule has 17 atom stereocenters. The molecule has 412 valence electrons.